The molecule has 1 unspecified atom stereocenters. The summed E-state index contributed by atoms with van der Waals surface area (Å²) >= 11 is 3.09. The number of aliphatic carboxylic acids is 1. The zero-order valence-corrected chi connectivity index (χ0v) is 12.1. The molecule has 0 aliphatic carbocycles. The van der Waals surface area contributed by atoms with Crippen LogP contribution in [0.4, 0.5) is 0 Å². The van der Waals surface area contributed by atoms with E-state index in [0.29, 0.717) is 17.9 Å². The fraction of sp³-hybridized carbons (Fsp3) is 0.154. The summed E-state index contributed by atoms with van der Waals surface area (Å²) in [4.78, 5) is 28.7. The van der Waals surface area contributed by atoms with Gasteiger partial charge in [-0.15, -0.1) is 0 Å². The van der Waals surface area contributed by atoms with Gasteiger partial charge >= 0.3 is 5.97 Å². The van der Waals surface area contributed by atoms with E-state index in [4.69, 9.17) is 14.6 Å². The number of carbonyl (C=O) groups is 1. The number of aromatic nitrogens is 2. The van der Waals surface area contributed by atoms with Crippen molar-refractivity contribution < 1.29 is 19.4 Å². The van der Waals surface area contributed by atoms with E-state index in [-0.39, 0.29) is 15.9 Å². The Morgan fingerprint density at radius 2 is 2.33 bits per heavy atom. The van der Waals surface area contributed by atoms with Gasteiger partial charge in [-0.3, -0.25) is 4.79 Å². The van der Waals surface area contributed by atoms with Crippen LogP contribution in [0.5, 0.6) is 17.4 Å². The van der Waals surface area contributed by atoms with E-state index in [1.807, 2.05) is 0 Å². The van der Waals surface area contributed by atoms with Crippen LogP contribution in [-0.2, 0) is 11.2 Å². The van der Waals surface area contributed by atoms with Crippen molar-refractivity contribution in [2.24, 2.45) is 0 Å². The predicted molar refractivity (Wildman–Crippen MR) is 74.8 cm³/mol. The molecule has 1 aliphatic rings. The number of carboxylic acid groups (broad SMARTS) is 1. The van der Waals surface area contributed by atoms with E-state index in [1.165, 1.54) is 6.33 Å². The summed E-state index contributed by atoms with van der Waals surface area (Å²) in [5.41, 5.74) is 0.441. The summed E-state index contributed by atoms with van der Waals surface area (Å²) in [7, 11) is 0. The molecule has 1 aromatic heterocycles. The molecule has 2 N–H and O–H groups in total. The third-order valence-electron chi connectivity index (χ3n) is 2.97. The van der Waals surface area contributed by atoms with Crippen LogP contribution in [0.1, 0.15) is 5.56 Å². The Labute approximate surface area is 126 Å². The van der Waals surface area contributed by atoms with Crippen molar-refractivity contribution in [3.05, 3.63) is 44.9 Å². The molecule has 1 aromatic carbocycles. The van der Waals surface area contributed by atoms with E-state index in [1.54, 1.807) is 18.2 Å². The Kier molecular flexibility index (Phi) is 3.38. The first-order valence-electron chi connectivity index (χ1n) is 5.98. The molecule has 2 heterocycles. The van der Waals surface area contributed by atoms with Crippen LogP contribution < -0.4 is 15.0 Å². The molecule has 108 valence electrons. The van der Waals surface area contributed by atoms with Crippen LogP contribution >= 0.6 is 15.9 Å². The first-order valence-corrected chi connectivity index (χ1v) is 6.77. The van der Waals surface area contributed by atoms with Gasteiger partial charge in [-0.25, -0.2) is 9.78 Å². The second-order valence-corrected chi connectivity index (χ2v) is 5.16. The number of rotatable bonds is 3. The molecular formula is C13H9BrN2O5. The van der Waals surface area contributed by atoms with Gasteiger partial charge in [0.25, 0.3) is 5.56 Å². The molecule has 1 aliphatic heterocycles. The maximum absolute atomic E-state index is 11.4. The molecule has 0 saturated heterocycles. The van der Waals surface area contributed by atoms with Crippen molar-refractivity contribution in [3.63, 3.8) is 0 Å². The van der Waals surface area contributed by atoms with E-state index in [0.717, 1.165) is 5.56 Å². The Balaban J connectivity index is 1.86. The van der Waals surface area contributed by atoms with Crippen molar-refractivity contribution in [2.45, 2.75) is 12.5 Å². The predicted octanol–water partition coefficient (Wildman–Crippen LogP) is 1.71. The molecule has 8 heteroatoms. The number of benzene rings is 1. The smallest absolute Gasteiger partial charge is 0.345 e. The molecule has 0 radical (unpaired) electrons. The highest BCUT2D eigenvalue weighted by molar-refractivity contribution is 9.10. The van der Waals surface area contributed by atoms with Crippen molar-refractivity contribution in [1.29, 1.82) is 0 Å². The number of fused-ring (bicyclic) bond motifs is 1. The number of hydrogen-bond acceptors (Lipinski definition) is 5. The number of nitrogens with zero attached hydrogens (tertiary/aromatic N) is 1. The first kappa shape index (κ1) is 13.6. The number of carboxylic acids is 1. The zero-order chi connectivity index (χ0) is 15.0. The minimum Gasteiger partial charge on any atom is -0.478 e. The van der Waals surface area contributed by atoms with E-state index < -0.39 is 12.1 Å². The summed E-state index contributed by atoms with van der Waals surface area (Å²) in [5.74, 6) is -0.0291. The molecule has 7 nitrogen and oxygen atoms in total. The fourth-order valence-electron chi connectivity index (χ4n) is 1.96. The van der Waals surface area contributed by atoms with E-state index in [2.05, 4.69) is 25.9 Å². The topological polar surface area (TPSA) is 102 Å². The average molecular weight is 353 g/mol. The van der Waals surface area contributed by atoms with Crippen LogP contribution in [0.3, 0.4) is 0 Å². The van der Waals surface area contributed by atoms with E-state index >= 15 is 0 Å². The van der Waals surface area contributed by atoms with Gasteiger partial charge in [0, 0.05) is 12.5 Å². The number of hydrogen-bond donors (Lipinski definition) is 2. The molecule has 3 rings (SSSR count). The fourth-order valence-corrected chi connectivity index (χ4v) is 2.26. The van der Waals surface area contributed by atoms with Gasteiger partial charge in [-0.1, -0.05) is 6.07 Å². The molecule has 21 heavy (non-hydrogen) atoms. The van der Waals surface area contributed by atoms with Gasteiger partial charge in [0.05, 0.1) is 6.33 Å². The quantitative estimate of drug-likeness (QED) is 0.871. The van der Waals surface area contributed by atoms with Gasteiger partial charge in [0.1, 0.15) is 16.0 Å². The molecule has 1 atom stereocenters. The molecular weight excluding hydrogens is 344 g/mol. The van der Waals surface area contributed by atoms with Crippen molar-refractivity contribution in [3.8, 4) is 17.4 Å². The summed E-state index contributed by atoms with van der Waals surface area (Å²) in [6, 6.07) is 4.98. The lowest BCUT2D eigenvalue weighted by atomic mass is 10.1. The average Bonchev–Trinajstić information content (AvgIpc) is 2.87. The van der Waals surface area contributed by atoms with Gasteiger partial charge in [0.2, 0.25) is 5.88 Å². The summed E-state index contributed by atoms with van der Waals surface area (Å²) in [5, 5.41) is 8.95. The standard InChI is InChI=1S/C13H9BrN2O5/c14-10-11(17)15-5-16-12(10)20-7-2-1-6-3-9(13(18)19)21-8(6)4-7/h1-2,4-5,9H,3H2,(H,18,19)(H,15,16,17). The lowest BCUT2D eigenvalue weighted by Crippen LogP contribution is -2.24. The van der Waals surface area contributed by atoms with Gasteiger partial charge in [-0.05, 0) is 27.6 Å². The molecule has 0 amide bonds. The van der Waals surface area contributed by atoms with Crippen LogP contribution in [0.15, 0.2) is 33.8 Å². The third kappa shape index (κ3) is 2.62. The second-order valence-electron chi connectivity index (χ2n) is 4.37. The number of nitrogens with one attached hydrogen (secondary N) is 1. The number of aromatic amines is 1. The SMILES string of the molecule is O=C(O)C1Cc2ccc(Oc3nc[nH]c(=O)c3Br)cc2O1. The van der Waals surface area contributed by atoms with Gasteiger partial charge in [-0.2, -0.15) is 0 Å². The van der Waals surface area contributed by atoms with Gasteiger partial charge < -0.3 is 19.6 Å². The highest BCUT2D eigenvalue weighted by Crippen LogP contribution is 2.34. The van der Waals surface area contributed by atoms with E-state index in [9.17, 15) is 9.59 Å². The molecule has 2 aromatic rings. The summed E-state index contributed by atoms with van der Waals surface area (Å²) < 4.78 is 11.0. The third-order valence-corrected chi connectivity index (χ3v) is 3.67. The Bertz CT molecular complexity index is 773. The highest BCUT2D eigenvalue weighted by Gasteiger charge is 2.29. The van der Waals surface area contributed by atoms with Gasteiger partial charge in [0.15, 0.2) is 6.10 Å². The Hall–Kier alpha value is -2.35. The number of halogens is 1. The molecule has 0 spiro atoms. The lowest BCUT2D eigenvalue weighted by Gasteiger charge is -2.07. The van der Waals surface area contributed by atoms with Crippen molar-refractivity contribution in [2.75, 3.05) is 0 Å². The Morgan fingerprint density at radius 3 is 3.10 bits per heavy atom. The summed E-state index contributed by atoms with van der Waals surface area (Å²) in [6.45, 7) is 0. The molecule has 0 saturated carbocycles. The number of ether oxygens (including phenoxy) is 2. The van der Waals surface area contributed by atoms with Crippen LogP contribution in [0, 0.1) is 0 Å². The maximum Gasteiger partial charge on any atom is 0.345 e. The van der Waals surface area contributed by atoms with Crippen molar-refractivity contribution in [1.82, 2.24) is 9.97 Å². The lowest BCUT2D eigenvalue weighted by molar-refractivity contribution is -0.144. The minimum absolute atomic E-state index is 0.117. The monoisotopic (exact) mass is 352 g/mol. The molecule has 0 bridgehead atoms. The normalized spacial score (nSPS) is 16.1. The molecule has 0 fully saturated rings. The Morgan fingerprint density at radius 1 is 1.52 bits per heavy atom. The summed E-state index contributed by atoms with van der Waals surface area (Å²) in [6.07, 6.45) is 0.671. The zero-order valence-electron chi connectivity index (χ0n) is 10.5. The van der Waals surface area contributed by atoms with Crippen LogP contribution in [0.25, 0.3) is 0 Å². The number of H-pyrrole nitrogens is 1. The second kappa shape index (κ2) is 5.21. The van der Waals surface area contributed by atoms with Crippen LogP contribution in [0.2, 0.25) is 0 Å². The minimum atomic E-state index is -1.01. The maximum atomic E-state index is 11.4. The van der Waals surface area contributed by atoms with Crippen molar-refractivity contribution >= 4 is 21.9 Å². The van der Waals surface area contributed by atoms with Crippen LogP contribution in [-0.4, -0.2) is 27.1 Å². The first-order chi connectivity index (χ1) is 10.0. The largest absolute Gasteiger partial charge is 0.478 e. The highest BCUT2D eigenvalue weighted by atomic mass is 79.9.